The number of carbonyl (C=O) groups is 5. The number of likely N-dealkylation sites (N-methyl/N-ethyl adjacent to an activating group) is 1. The summed E-state index contributed by atoms with van der Waals surface area (Å²) in [5, 5.41) is 11.4. The van der Waals surface area contributed by atoms with Gasteiger partial charge in [-0.05, 0) is 68.1 Å². The molecule has 2 aliphatic carbocycles. The number of ketones is 1. The number of hydrogen-bond donors (Lipinski definition) is 4. The number of nitrogens with one attached hydrogen (secondary N) is 4. The molecule has 4 N–H and O–H groups in total. The monoisotopic (exact) mass is 750 g/mol. The van der Waals surface area contributed by atoms with E-state index >= 15 is 0 Å². The first-order valence-electron chi connectivity index (χ1n) is 19.5. The van der Waals surface area contributed by atoms with Crippen LogP contribution in [-0.2, 0) is 29.2 Å². The van der Waals surface area contributed by atoms with Crippen molar-refractivity contribution in [3.05, 3.63) is 12.7 Å². The smallest absolute Gasteiger partial charge is 0.315 e. The van der Waals surface area contributed by atoms with E-state index in [4.69, 9.17) is 0 Å². The van der Waals surface area contributed by atoms with Crippen LogP contribution in [0.4, 0.5) is 4.79 Å². The van der Waals surface area contributed by atoms with Gasteiger partial charge >= 0.3 is 6.03 Å². The number of nitrogens with zero attached hydrogens (tertiary/aromatic N) is 2. The van der Waals surface area contributed by atoms with Crippen molar-refractivity contribution in [2.75, 3.05) is 31.9 Å². The molecule has 2 saturated carbocycles. The Balaban J connectivity index is 1.90. The molecule has 1 aliphatic heterocycles. The predicted octanol–water partition coefficient (Wildman–Crippen LogP) is 3.74. The van der Waals surface area contributed by atoms with Gasteiger partial charge in [0.15, 0.2) is 0 Å². The van der Waals surface area contributed by atoms with Crippen molar-refractivity contribution in [3.63, 3.8) is 0 Å². The largest absolute Gasteiger partial charge is 0.346 e. The second kappa shape index (κ2) is 19.4. The van der Waals surface area contributed by atoms with Gasteiger partial charge in [-0.3, -0.25) is 19.2 Å². The van der Waals surface area contributed by atoms with E-state index in [1.807, 2.05) is 41.5 Å². The summed E-state index contributed by atoms with van der Waals surface area (Å²) in [6.07, 6.45) is 9.34. The highest BCUT2D eigenvalue weighted by Crippen LogP contribution is 2.34. The number of Topliss-reactive ketones (excluding diaryl/α,β-unsaturated/α-hetero) is 1. The molecular formula is C38H66N6O7S. The van der Waals surface area contributed by atoms with Crippen LogP contribution in [0.3, 0.4) is 0 Å². The Hall–Kier alpha value is -3.00. The molecule has 3 aliphatic rings. The third-order valence-electron chi connectivity index (χ3n) is 11.2. The predicted molar refractivity (Wildman–Crippen MR) is 203 cm³/mol. The van der Waals surface area contributed by atoms with Crippen molar-refractivity contribution in [2.45, 2.75) is 137 Å². The van der Waals surface area contributed by atoms with Gasteiger partial charge < -0.3 is 26.2 Å². The molecule has 3 rings (SSSR count). The number of rotatable bonds is 18. The Morgan fingerprint density at radius 3 is 2.12 bits per heavy atom. The molecular weight excluding hydrogens is 685 g/mol. The van der Waals surface area contributed by atoms with Gasteiger partial charge in [0.05, 0.1) is 11.8 Å². The molecule has 14 heteroatoms. The molecule has 5 amide bonds. The van der Waals surface area contributed by atoms with Crippen LogP contribution in [0.25, 0.3) is 0 Å². The highest BCUT2D eigenvalue weighted by atomic mass is 32.2. The number of urea groups is 1. The summed E-state index contributed by atoms with van der Waals surface area (Å²) in [4.78, 5) is 70.4. The molecule has 1 saturated heterocycles. The Bertz CT molecular complexity index is 1370. The lowest BCUT2D eigenvalue weighted by atomic mass is 9.82. The molecule has 0 aromatic carbocycles. The molecule has 0 aromatic rings. The van der Waals surface area contributed by atoms with Crippen LogP contribution >= 0.6 is 0 Å². The van der Waals surface area contributed by atoms with Gasteiger partial charge in [0.1, 0.15) is 12.1 Å². The Kier molecular flexibility index (Phi) is 16.2. The molecule has 296 valence electrons. The first-order chi connectivity index (χ1) is 24.4. The van der Waals surface area contributed by atoms with E-state index < -0.39 is 63.2 Å². The highest BCUT2D eigenvalue weighted by molar-refractivity contribution is 7.89. The lowest BCUT2D eigenvalue weighted by molar-refractivity contribution is -0.147. The second-order valence-corrected chi connectivity index (χ2v) is 18.7. The number of sulfonamides is 1. The van der Waals surface area contributed by atoms with Crippen molar-refractivity contribution in [1.29, 1.82) is 0 Å². The molecule has 52 heavy (non-hydrogen) atoms. The Morgan fingerprint density at radius 1 is 0.923 bits per heavy atom. The van der Waals surface area contributed by atoms with E-state index in [9.17, 15) is 32.4 Å². The first-order valence-corrected chi connectivity index (χ1v) is 21.1. The summed E-state index contributed by atoms with van der Waals surface area (Å²) in [6, 6.07) is -4.02. The standard InChI is InChI=1S/C38H66N6O7S/c1-9-20-39-35(47)33(45)29(23-27-18-19-27)40-34(46)32(26(5)25(3)4)44(10-2)36(48)31(28-16-12-11-13-17-28)42-37(49)41-30(38(6,7)8)24-43-21-14-15-22-52(43,50)51/h9,25-32H,1,10-24H2,2-8H3,(H,39,47)(H,40,46)(H2,41,42,49)/t26-,29?,30-,31+,32+/m1/s1. The molecule has 0 spiro atoms. The Labute approximate surface area is 312 Å². The van der Waals surface area contributed by atoms with E-state index in [1.165, 1.54) is 15.3 Å². The SMILES string of the molecule is C=CCNC(=O)C(=O)C(CC1CC1)NC(=O)[C@H]([C@H](C)C(C)C)N(CC)C(=O)[C@@H](NC(=O)N[C@H](CN1CCCCS1(=O)=O)C(C)(C)C)C1CCCCC1. The molecule has 0 aromatic heterocycles. The topological polar surface area (TPSA) is 174 Å². The van der Waals surface area contributed by atoms with Crippen LogP contribution in [-0.4, -0.2) is 103 Å². The summed E-state index contributed by atoms with van der Waals surface area (Å²) >= 11 is 0. The van der Waals surface area contributed by atoms with Crippen LogP contribution in [0.2, 0.25) is 0 Å². The van der Waals surface area contributed by atoms with Crippen molar-refractivity contribution < 1.29 is 32.4 Å². The Morgan fingerprint density at radius 2 is 1.58 bits per heavy atom. The average Bonchev–Trinajstić information content (AvgIpc) is 3.91. The quantitative estimate of drug-likeness (QED) is 0.122. The molecule has 13 nitrogen and oxygen atoms in total. The number of amides is 5. The molecule has 1 unspecified atom stereocenters. The average molecular weight is 751 g/mol. The van der Waals surface area contributed by atoms with Crippen LogP contribution in [0.15, 0.2) is 12.7 Å². The minimum atomic E-state index is -3.43. The fourth-order valence-corrected chi connectivity index (χ4v) is 8.87. The first kappa shape index (κ1) is 43.4. The summed E-state index contributed by atoms with van der Waals surface area (Å²) < 4.78 is 27.1. The van der Waals surface area contributed by atoms with E-state index in [2.05, 4.69) is 27.8 Å². The van der Waals surface area contributed by atoms with Crippen molar-refractivity contribution >= 4 is 39.6 Å². The lowest BCUT2D eigenvalue weighted by Gasteiger charge is -2.41. The molecule has 1 heterocycles. The molecule has 5 atom stereocenters. The molecule has 0 radical (unpaired) electrons. The van der Waals surface area contributed by atoms with Gasteiger partial charge in [-0.2, -0.15) is 4.31 Å². The fraction of sp³-hybridized carbons (Fsp3) is 0.816. The normalized spacial score (nSPS) is 21.2. The maximum Gasteiger partial charge on any atom is 0.315 e. The van der Waals surface area contributed by atoms with Crippen LogP contribution in [0.5, 0.6) is 0 Å². The molecule has 0 bridgehead atoms. The van der Waals surface area contributed by atoms with E-state index in [0.29, 0.717) is 19.4 Å². The van der Waals surface area contributed by atoms with Crippen molar-refractivity contribution in [3.8, 4) is 0 Å². The minimum absolute atomic E-state index is 0.0194. The van der Waals surface area contributed by atoms with E-state index in [-0.39, 0.29) is 55.0 Å². The number of hydrogen-bond acceptors (Lipinski definition) is 7. The highest BCUT2D eigenvalue weighted by Gasteiger charge is 2.43. The van der Waals surface area contributed by atoms with Gasteiger partial charge in [0.25, 0.3) is 5.91 Å². The van der Waals surface area contributed by atoms with Crippen LogP contribution in [0, 0.1) is 29.1 Å². The summed E-state index contributed by atoms with van der Waals surface area (Å²) in [7, 11) is -3.43. The van der Waals surface area contributed by atoms with Gasteiger partial charge in [-0.15, -0.1) is 6.58 Å². The zero-order valence-electron chi connectivity index (χ0n) is 32.7. The van der Waals surface area contributed by atoms with Crippen molar-refractivity contribution in [1.82, 2.24) is 30.5 Å². The lowest BCUT2D eigenvalue weighted by Crippen LogP contribution is -2.63. The van der Waals surface area contributed by atoms with E-state index in [0.717, 1.165) is 51.4 Å². The minimum Gasteiger partial charge on any atom is -0.346 e. The van der Waals surface area contributed by atoms with Crippen LogP contribution in [0.1, 0.15) is 113 Å². The third kappa shape index (κ3) is 12.3. The van der Waals surface area contributed by atoms with Gasteiger partial charge in [-0.1, -0.05) is 79.7 Å². The van der Waals surface area contributed by atoms with Crippen LogP contribution < -0.4 is 21.3 Å². The maximum atomic E-state index is 14.8. The fourth-order valence-electron chi connectivity index (χ4n) is 7.26. The van der Waals surface area contributed by atoms with Crippen molar-refractivity contribution in [2.24, 2.45) is 29.1 Å². The summed E-state index contributed by atoms with van der Waals surface area (Å²) in [5.41, 5.74) is -0.489. The molecule has 3 fully saturated rings. The van der Waals surface area contributed by atoms with Gasteiger partial charge in [-0.25, -0.2) is 13.2 Å². The van der Waals surface area contributed by atoms with E-state index in [1.54, 1.807) is 6.92 Å². The third-order valence-corrected chi connectivity index (χ3v) is 13.1. The summed E-state index contributed by atoms with van der Waals surface area (Å²) in [6.45, 7) is 17.9. The summed E-state index contributed by atoms with van der Waals surface area (Å²) in [5.74, 6) is -2.58. The second-order valence-electron chi connectivity index (χ2n) is 16.6. The zero-order valence-corrected chi connectivity index (χ0v) is 33.5. The zero-order chi connectivity index (χ0) is 38.8. The van der Waals surface area contributed by atoms with Gasteiger partial charge in [0, 0.05) is 32.2 Å². The van der Waals surface area contributed by atoms with Gasteiger partial charge in [0.2, 0.25) is 27.6 Å². The maximum absolute atomic E-state index is 14.8. The number of carbonyl (C=O) groups excluding carboxylic acids is 5.